The number of rotatable bonds is 8. The molecule has 0 spiro atoms. The number of nitrogens with one attached hydrogen (secondary N) is 2. The number of hydrogen-bond acceptors (Lipinski definition) is 9. The average molecular weight is 429 g/mol. The number of ether oxygens (including phenoxy) is 1. The van der Waals surface area contributed by atoms with Crippen LogP contribution in [0.2, 0.25) is 0 Å². The van der Waals surface area contributed by atoms with Crippen LogP contribution in [0.5, 0.6) is 0 Å². The summed E-state index contributed by atoms with van der Waals surface area (Å²) in [5.41, 5.74) is 3.18. The fourth-order valence-corrected chi connectivity index (χ4v) is 5.09. The zero-order chi connectivity index (χ0) is 21.1. The van der Waals surface area contributed by atoms with Gasteiger partial charge in [0.05, 0.1) is 40.4 Å². The minimum atomic E-state index is -0.354. The standard InChI is InChI=1S/C21H28N6O2S/c1-13-16(19-25-17-14(2)22-9-6-15(17)30-19)18(26-20(24-13)23-10-11-29-3)27-21(12-28)7-4-5-8-21/h6,9,28H,4-5,7-8,10-12H2,1-3H3,(H2,23,24,26,27). The molecule has 1 fully saturated rings. The minimum Gasteiger partial charge on any atom is -0.394 e. The predicted octanol–water partition coefficient (Wildman–Crippen LogP) is 3.54. The van der Waals surface area contributed by atoms with Crippen LogP contribution in [0.3, 0.4) is 0 Å². The summed E-state index contributed by atoms with van der Waals surface area (Å²) in [5.74, 6) is 1.25. The summed E-state index contributed by atoms with van der Waals surface area (Å²) in [4.78, 5) is 18.7. The summed E-state index contributed by atoms with van der Waals surface area (Å²) < 4.78 is 6.21. The topological polar surface area (TPSA) is 105 Å². The Hall–Kier alpha value is -2.36. The molecule has 160 valence electrons. The van der Waals surface area contributed by atoms with E-state index in [1.54, 1.807) is 18.4 Å². The Morgan fingerprint density at radius 1 is 1.17 bits per heavy atom. The largest absolute Gasteiger partial charge is 0.394 e. The Labute approximate surface area is 180 Å². The average Bonchev–Trinajstić information content (AvgIpc) is 3.36. The SMILES string of the molecule is COCCNc1nc(C)c(-c2nc3c(C)nccc3s2)c(NC2(CO)CCCC2)n1. The van der Waals surface area contributed by atoms with Crippen molar-refractivity contribution in [2.45, 2.75) is 45.1 Å². The second-order valence-electron chi connectivity index (χ2n) is 7.81. The lowest BCUT2D eigenvalue weighted by atomic mass is 9.98. The molecule has 3 heterocycles. The van der Waals surface area contributed by atoms with Gasteiger partial charge < -0.3 is 20.5 Å². The van der Waals surface area contributed by atoms with Crippen LogP contribution in [0.15, 0.2) is 12.3 Å². The number of nitrogens with zero attached hydrogens (tertiary/aromatic N) is 4. The molecular weight excluding hydrogens is 400 g/mol. The number of fused-ring (bicyclic) bond motifs is 1. The molecule has 9 heteroatoms. The van der Waals surface area contributed by atoms with Crippen molar-refractivity contribution in [2.75, 3.05) is 37.5 Å². The van der Waals surface area contributed by atoms with Crippen molar-refractivity contribution in [1.29, 1.82) is 0 Å². The van der Waals surface area contributed by atoms with Gasteiger partial charge in [0.15, 0.2) is 0 Å². The Morgan fingerprint density at radius 2 is 1.97 bits per heavy atom. The van der Waals surface area contributed by atoms with Crippen LogP contribution < -0.4 is 10.6 Å². The molecule has 3 aromatic heterocycles. The van der Waals surface area contributed by atoms with Crippen LogP contribution in [0.1, 0.15) is 37.1 Å². The molecule has 8 nitrogen and oxygen atoms in total. The summed E-state index contributed by atoms with van der Waals surface area (Å²) >= 11 is 1.61. The lowest BCUT2D eigenvalue weighted by molar-refractivity contribution is 0.210. The molecule has 0 saturated heterocycles. The van der Waals surface area contributed by atoms with Gasteiger partial charge in [-0.1, -0.05) is 12.8 Å². The number of pyridine rings is 1. The van der Waals surface area contributed by atoms with Gasteiger partial charge in [0.2, 0.25) is 5.95 Å². The molecule has 0 aromatic carbocycles. The molecule has 3 aromatic rings. The van der Waals surface area contributed by atoms with Gasteiger partial charge in [-0.25, -0.2) is 9.97 Å². The molecule has 0 amide bonds. The summed E-state index contributed by atoms with van der Waals surface area (Å²) in [7, 11) is 1.67. The maximum Gasteiger partial charge on any atom is 0.224 e. The summed E-state index contributed by atoms with van der Waals surface area (Å²) in [6.07, 6.45) is 5.84. The molecule has 0 aliphatic heterocycles. The van der Waals surface area contributed by atoms with E-state index in [4.69, 9.17) is 14.7 Å². The summed E-state index contributed by atoms with van der Waals surface area (Å²) in [5, 5.41) is 17.8. The van der Waals surface area contributed by atoms with Crippen molar-refractivity contribution in [3.8, 4) is 10.6 Å². The maximum absolute atomic E-state index is 10.1. The molecule has 0 radical (unpaired) electrons. The number of methoxy groups -OCH3 is 1. The second kappa shape index (κ2) is 8.79. The number of aryl methyl sites for hydroxylation is 2. The fourth-order valence-electron chi connectivity index (χ4n) is 3.98. The van der Waals surface area contributed by atoms with Gasteiger partial charge in [-0.05, 0) is 32.8 Å². The molecule has 30 heavy (non-hydrogen) atoms. The van der Waals surface area contributed by atoms with Crippen molar-refractivity contribution in [1.82, 2.24) is 19.9 Å². The van der Waals surface area contributed by atoms with Gasteiger partial charge in [0.25, 0.3) is 0 Å². The van der Waals surface area contributed by atoms with Crippen molar-refractivity contribution in [3.05, 3.63) is 23.7 Å². The third-order valence-corrected chi connectivity index (χ3v) is 6.67. The molecular formula is C21H28N6O2S. The molecule has 1 aliphatic rings. The van der Waals surface area contributed by atoms with E-state index >= 15 is 0 Å². The predicted molar refractivity (Wildman–Crippen MR) is 120 cm³/mol. The maximum atomic E-state index is 10.1. The number of aliphatic hydroxyl groups is 1. The summed E-state index contributed by atoms with van der Waals surface area (Å²) in [6, 6.07) is 1.99. The van der Waals surface area contributed by atoms with Crippen molar-refractivity contribution in [2.24, 2.45) is 0 Å². The summed E-state index contributed by atoms with van der Waals surface area (Å²) in [6.45, 7) is 5.20. The van der Waals surface area contributed by atoms with E-state index in [9.17, 15) is 5.11 Å². The van der Waals surface area contributed by atoms with Crippen LogP contribution in [-0.4, -0.2) is 57.4 Å². The first-order chi connectivity index (χ1) is 14.5. The Morgan fingerprint density at radius 3 is 2.67 bits per heavy atom. The highest BCUT2D eigenvalue weighted by Crippen LogP contribution is 2.40. The van der Waals surface area contributed by atoms with Crippen LogP contribution >= 0.6 is 11.3 Å². The van der Waals surface area contributed by atoms with E-state index in [2.05, 4.69) is 20.6 Å². The highest BCUT2D eigenvalue weighted by molar-refractivity contribution is 7.21. The number of anilines is 2. The number of aromatic nitrogens is 4. The second-order valence-corrected chi connectivity index (χ2v) is 8.84. The van der Waals surface area contributed by atoms with E-state index in [-0.39, 0.29) is 12.1 Å². The van der Waals surface area contributed by atoms with Crippen LogP contribution in [-0.2, 0) is 4.74 Å². The van der Waals surface area contributed by atoms with Crippen molar-refractivity contribution in [3.63, 3.8) is 0 Å². The highest BCUT2D eigenvalue weighted by atomic mass is 32.1. The zero-order valence-electron chi connectivity index (χ0n) is 17.7. The quantitative estimate of drug-likeness (QED) is 0.468. The molecule has 0 bridgehead atoms. The van der Waals surface area contributed by atoms with Gasteiger partial charge in [-0.15, -0.1) is 11.3 Å². The zero-order valence-corrected chi connectivity index (χ0v) is 18.5. The highest BCUT2D eigenvalue weighted by Gasteiger charge is 2.35. The van der Waals surface area contributed by atoms with Crippen LogP contribution in [0.4, 0.5) is 11.8 Å². The van der Waals surface area contributed by atoms with E-state index in [0.717, 1.165) is 57.9 Å². The van der Waals surface area contributed by atoms with E-state index in [1.807, 2.05) is 26.1 Å². The van der Waals surface area contributed by atoms with Crippen LogP contribution in [0.25, 0.3) is 20.8 Å². The lowest BCUT2D eigenvalue weighted by Crippen LogP contribution is -2.39. The number of hydrogen-bond donors (Lipinski definition) is 3. The fraction of sp³-hybridized carbons (Fsp3) is 0.524. The minimum absolute atomic E-state index is 0.0742. The molecule has 1 aliphatic carbocycles. The Kier molecular flexibility index (Phi) is 6.12. The number of thiazole rings is 1. The number of aliphatic hydroxyl groups excluding tert-OH is 1. The van der Waals surface area contributed by atoms with E-state index in [1.165, 1.54) is 0 Å². The monoisotopic (exact) mass is 428 g/mol. The lowest BCUT2D eigenvalue weighted by Gasteiger charge is -2.30. The van der Waals surface area contributed by atoms with E-state index < -0.39 is 0 Å². The van der Waals surface area contributed by atoms with Gasteiger partial charge in [-0.3, -0.25) is 4.98 Å². The molecule has 0 atom stereocenters. The first-order valence-electron chi connectivity index (χ1n) is 10.3. The third kappa shape index (κ3) is 4.10. The Bertz CT molecular complexity index is 1030. The van der Waals surface area contributed by atoms with Gasteiger partial charge in [0, 0.05) is 19.9 Å². The van der Waals surface area contributed by atoms with Gasteiger partial charge >= 0.3 is 0 Å². The van der Waals surface area contributed by atoms with Crippen molar-refractivity contribution >= 4 is 33.3 Å². The van der Waals surface area contributed by atoms with Gasteiger partial charge in [0.1, 0.15) is 16.3 Å². The first-order valence-corrected chi connectivity index (χ1v) is 11.1. The van der Waals surface area contributed by atoms with E-state index in [0.29, 0.717) is 24.9 Å². The van der Waals surface area contributed by atoms with Crippen molar-refractivity contribution < 1.29 is 9.84 Å². The molecule has 4 rings (SSSR count). The molecule has 3 N–H and O–H groups in total. The third-order valence-electron chi connectivity index (χ3n) is 5.63. The van der Waals surface area contributed by atoms with Gasteiger partial charge in [-0.2, -0.15) is 4.98 Å². The molecule has 1 saturated carbocycles. The Balaban J connectivity index is 1.79. The molecule has 0 unspecified atom stereocenters. The normalized spacial score (nSPS) is 15.6. The smallest absolute Gasteiger partial charge is 0.224 e. The van der Waals surface area contributed by atoms with Crippen LogP contribution in [0, 0.1) is 13.8 Å². The first kappa shape index (κ1) is 20.9.